The number of anilines is 1. The van der Waals surface area contributed by atoms with Crippen LogP contribution in [-0.2, 0) is 7.05 Å². The average molecular weight is 322 g/mol. The maximum atomic E-state index is 4.92. The number of fused-ring (bicyclic) bond motifs is 1. The van der Waals surface area contributed by atoms with E-state index in [0.717, 1.165) is 34.8 Å². The van der Waals surface area contributed by atoms with Gasteiger partial charge < -0.3 is 4.90 Å². The molecule has 6 nitrogen and oxygen atoms in total. The molecule has 4 rings (SSSR count). The fourth-order valence-electron chi connectivity index (χ4n) is 3.55. The molecule has 24 heavy (non-hydrogen) atoms. The van der Waals surface area contributed by atoms with Gasteiger partial charge in [-0.2, -0.15) is 5.10 Å². The van der Waals surface area contributed by atoms with E-state index in [1.54, 1.807) is 6.20 Å². The molecule has 1 aliphatic heterocycles. The second-order valence-electron chi connectivity index (χ2n) is 6.53. The van der Waals surface area contributed by atoms with E-state index < -0.39 is 0 Å². The molecule has 124 valence electrons. The predicted molar refractivity (Wildman–Crippen MR) is 94.9 cm³/mol. The molecule has 0 N–H and O–H groups in total. The van der Waals surface area contributed by atoms with Crippen molar-refractivity contribution in [1.82, 2.24) is 24.7 Å². The molecule has 1 atom stereocenters. The van der Waals surface area contributed by atoms with Gasteiger partial charge in [0.2, 0.25) is 0 Å². The summed E-state index contributed by atoms with van der Waals surface area (Å²) in [5.74, 6) is 1.66. The number of hydrogen-bond acceptors (Lipinski definition) is 5. The molecule has 1 aliphatic rings. The molecule has 4 heterocycles. The van der Waals surface area contributed by atoms with Gasteiger partial charge in [0.1, 0.15) is 11.5 Å². The minimum Gasteiger partial charge on any atom is -0.353 e. The normalized spacial score (nSPS) is 18.3. The van der Waals surface area contributed by atoms with Crippen molar-refractivity contribution in [3.8, 4) is 11.5 Å². The Morgan fingerprint density at radius 2 is 2.04 bits per heavy atom. The number of rotatable bonds is 2. The van der Waals surface area contributed by atoms with E-state index in [-0.39, 0.29) is 0 Å². The lowest BCUT2D eigenvalue weighted by Crippen LogP contribution is -2.38. The monoisotopic (exact) mass is 322 g/mol. The first-order chi connectivity index (χ1) is 11.6. The van der Waals surface area contributed by atoms with Crippen LogP contribution in [0, 0.1) is 6.92 Å². The van der Waals surface area contributed by atoms with Crippen LogP contribution in [0.3, 0.4) is 0 Å². The van der Waals surface area contributed by atoms with E-state index >= 15 is 0 Å². The van der Waals surface area contributed by atoms with Gasteiger partial charge in [-0.25, -0.2) is 9.97 Å². The summed E-state index contributed by atoms with van der Waals surface area (Å²) in [7, 11) is 1.94. The second-order valence-corrected chi connectivity index (χ2v) is 6.53. The van der Waals surface area contributed by atoms with Gasteiger partial charge in [0.25, 0.3) is 0 Å². The van der Waals surface area contributed by atoms with Crippen LogP contribution < -0.4 is 4.90 Å². The number of aromatic nitrogens is 5. The van der Waals surface area contributed by atoms with Crippen LogP contribution in [0.15, 0.2) is 24.4 Å². The quantitative estimate of drug-likeness (QED) is 0.725. The van der Waals surface area contributed by atoms with Crippen LogP contribution in [0.2, 0.25) is 0 Å². The first-order valence-electron chi connectivity index (χ1n) is 8.54. The molecule has 1 unspecified atom stereocenters. The lowest BCUT2D eigenvalue weighted by Gasteiger charge is -2.34. The highest BCUT2D eigenvalue weighted by atomic mass is 15.3. The molecule has 1 fully saturated rings. The molecule has 0 saturated carbocycles. The Morgan fingerprint density at radius 1 is 1.17 bits per heavy atom. The van der Waals surface area contributed by atoms with Gasteiger partial charge >= 0.3 is 0 Å². The zero-order valence-electron chi connectivity index (χ0n) is 14.4. The van der Waals surface area contributed by atoms with Crippen LogP contribution >= 0.6 is 0 Å². The maximum Gasteiger partial charge on any atom is 0.182 e. The van der Waals surface area contributed by atoms with Crippen molar-refractivity contribution in [3.63, 3.8) is 0 Å². The third kappa shape index (κ3) is 2.42. The Labute approximate surface area is 141 Å². The van der Waals surface area contributed by atoms with Crippen molar-refractivity contribution in [2.45, 2.75) is 39.2 Å². The van der Waals surface area contributed by atoms with E-state index in [1.165, 1.54) is 19.3 Å². The van der Waals surface area contributed by atoms with E-state index in [0.29, 0.717) is 11.9 Å². The summed E-state index contributed by atoms with van der Waals surface area (Å²) >= 11 is 0. The summed E-state index contributed by atoms with van der Waals surface area (Å²) in [6.07, 6.45) is 5.46. The Bertz CT molecular complexity index is 870. The highest BCUT2D eigenvalue weighted by Crippen LogP contribution is 2.32. The fourth-order valence-corrected chi connectivity index (χ4v) is 3.55. The van der Waals surface area contributed by atoms with Crippen molar-refractivity contribution >= 4 is 16.9 Å². The smallest absolute Gasteiger partial charge is 0.182 e. The molecule has 0 spiro atoms. The Balaban J connectivity index is 1.96. The Hall–Kier alpha value is -2.50. The maximum absolute atomic E-state index is 4.92. The lowest BCUT2D eigenvalue weighted by molar-refractivity contribution is 0.482. The third-order valence-corrected chi connectivity index (χ3v) is 4.81. The topological polar surface area (TPSA) is 59.7 Å². The highest BCUT2D eigenvalue weighted by Gasteiger charge is 2.25. The average Bonchev–Trinajstić information content (AvgIpc) is 2.90. The van der Waals surface area contributed by atoms with E-state index in [9.17, 15) is 0 Å². The summed E-state index contributed by atoms with van der Waals surface area (Å²) in [5, 5.41) is 5.63. The molecule has 0 aromatic carbocycles. The minimum atomic E-state index is 0.480. The Kier molecular flexibility index (Phi) is 3.67. The van der Waals surface area contributed by atoms with Gasteiger partial charge in [-0.3, -0.25) is 9.67 Å². The zero-order valence-corrected chi connectivity index (χ0v) is 14.4. The molecule has 3 aromatic heterocycles. The second kappa shape index (κ2) is 5.85. The number of aryl methyl sites for hydroxylation is 2. The van der Waals surface area contributed by atoms with Gasteiger partial charge in [-0.05, 0) is 45.2 Å². The first kappa shape index (κ1) is 15.1. The SMILES string of the molecule is Cc1nn(C)c2nc(-c3ccccn3)nc(N3CCCCC3C)c12. The first-order valence-corrected chi connectivity index (χ1v) is 8.54. The summed E-state index contributed by atoms with van der Waals surface area (Å²) in [5.41, 5.74) is 2.65. The van der Waals surface area contributed by atoms with E-state index in [1.807, 2.05) is 36.9 Å². The number of piperidine rings is 1. The number of hydrogen-bond donors (Lipinski definition) is 0. The molecule has 6 heteroatoms. The van der Waals surface area contributed by atoms with Gasteiger partial charge in [0, 0.05) is 25.8 Å². The molecule has 0 amide bonds. The van der Waals surface area contributed by atoms with Crippen LogP contribution in [-0.4, -0.2) is 37.3 Å². The van der Waals surface area contributed by atoms with Gasteiger partial charge in [-0.1, -0.05) is 6.07 Å². The predicted octanol–water partition coefficient (Wildman–Crippen LogP) is 3.11. The van der Waals surface area contributed by atoms with Crippen molar-refractivity contribution < 1.29 is 0 Å². The minimum absolute atomic E-state index is 0.480. The molecular formula is C18H22N6. The molecule has 0 aliphatic carbocycles. The number of pyridine rings is 1. The third-order valence-electron chi connectivity index (χ3n) is 4.81. The van der Waals surface area contributed by atoms with Gasteiger partial charge in [0.15, 0.2) is 11.5 Å². The molecule has 1 saturated heterocycles. The van der Waals surface area contributed by atoms with Crippen LogP contribution in [0.5, 0.6) is 0 Å². The molecule has 0 radical (unpaired) electrons. The van der Waals surface area contributed by atoms with Crippen LogP contribution in [0.4, 0.5) is 5.82 Å². The number of nitrogens with zero attached hydrogens (tertiary/aromatic N) is 6. The van der Waals surface area contributed by atoms with Crippen molar-refractivity contribution in [1.29, 1.82) is 0 Å². The van der Waals surface area contributed by atoms with Crippen LogP contribution in [0.1, 0.15) is 31.9 Å². The molecule has 3 aromatic rings. The molecule has 0 bridgehead atoms. The summed E-state index contributed by atoms with van der Waals surface area (Å²) in [6.45, 7) is 5.34. The van der Waals surface area contributed by atoms with Crippen LogP contribution in [0.25, 0.3) is 22.6 Å². The van der Waals surface area contributed by atoms with Gasteiger partial charge in [-0.15, -0.1) is 0 Å². The van der Waals surface area contributed by atoms with Crippen molar-refractivity contribution in [2.24, 2.45) is 7.05 Å². The zero-order chi connectivity index (χ0) is 16.7. The lowest BCUT2D eigenvalue weighted by atomic mass is 10.0. The highest BCUT2D eigenvalue weighted by molar-refractivity contribution is 5.91. The standard InChI is InChI=1S/C18H22N6/c1-12-8-5-7-11-24(12)18-15-13(2)22-23(3)17(15)20-16(21-18)14-9-4-6-10-19-14/h4,6,9-10,12H,5,7-8,11H2,1-3H3. The summed E-state index contributed by atoms with van der Waals surface area (Å²) < 4.78 is 1.84. The van der Waals surface area contributed by atoms with E-state index in [2.05, 4.69) is 21.9 Å². The Morgan fingerprint density at radius 3 is 2.79 bits per heavy atom. The van der Waals surface area contributed by atoms with Gasteiger partial charge in [0.05, 0.1) is 11.1 Å². The van der Waals surface area contributed by atoms with E-state index in [4.69, 9.17) is 9.97 Å². The summed E-state index contributed by atoms with van der Waals surface area (Å²) in [6, 6.07) is 6.30. The van der Waals surface area contributed by atoms with Crippen molar-refractivity contribution in [3.05, 3.63) is 30.1 Å². The largest absolute Gasteiger partial charge is 0.353 e. The van der Waals surface area contributed by atoms with Crippen molar-refractivity contribution in [2.75, 3.05) is 11.4 Å². The summed E-state index contributed by atoms with van der Waals surface area (Å²) in [4.78, 5) is 16.5. The fraction of sp³-hybridized carbons (Fsp3) is 0.444. The molecular weight excluding hydrogens is 300 g/mol.